The molecule has 0 unspecified atom stereocenters. The molecule has 1 aliphatic rings. The first-order valence-corrected chi connectivity index (χ1v) is 15.3. The van der Waals surface area contributed by atoms with Crippen molar-refractivity contribution in [3.63, 3.8) is 0 Å². The topological polar surface area (TPSA) is 133 Å². The smallest absolute Gasteiger partial charge is 0.251 e. The van der Waals surface area contributed by atoms with Crippen LogP contribution in [-0.4, -0.2) is 49.0 Å². The van der Waals surface area contributed by atoms with Crippen LogP contribution < -0.4 is 16.4 Å². The highest BCUT2D eigenvalue weighted by Gasteiger charge is 2.22. The molecule has 3 aromatic heterocycles. The zero-order valence-corrected chi connectivity index (χ0v) is 26.3. The van der Waals surface area contributed by atoms with E-state index in [0.717, 1.165) is 75.4 Å². The summed E-state index contributed by atoms with van der Waals surface area (Å²) < 4.78 is 4.08. The Labute approximate surface area is 272 Å². The summed E-state index contributed by atoms with van der Waals surface area (Å²) in [4.78, 5) is 39.6. The number of hydrogen-bond donors (Lipinski definition) is 3. The highest BCUT2D eigenvalue weighted by atomic mass is 35.5. The maximum atomic E-state index is 13.1. The molecule has 234 valence electrons. The molecule has 0 radical (unpaired) electrons. The minimum absolute atomic E-state index is 0. The molecule has 0 saturated heterocycles. The lowest BCUT2D eigenvalue weighted by Crippen LogP contribution is -2.24. The SMILES string of the molecule is Cl.Cn1cncc1-c1cc(-c2nc3cc(C(=O)NCCCCCN)ccc3n2-c2ccc3c(c2)CCC(=O)N3)c2ccccc2n1. The van der Waals surface area contributed by atoms with Crippen LogP contribution in [0.15, 0.2) is 79.3 Å². The Kier molecular flexibility index (Phi) is 8.83. The van der Waals surface area contributed by atoms with Crippen molar-refractivity contribution < 1.29 is 9.59 Å². The Bertz CT molecular complexity index is 2080. The van der Waals surface area contributed by atoms with Crippen LogP contribution >= 0.6 is 12.4 Å². The number of carbonyl (C=O) groups excluding carboxylic acids is 2. The molecular weight excluding hydrogens is 600 g/mol. The van der Waals surface area contributed by atoms with Gasteiger partial charge in [0.25, 0.3) is 5.91 Å². The van der Waals surface area contributed by atoms with E-state index >= 15 is 0 Å². The van der Waals surface area contributed by atoms with Crippen LogP contribution in [0.5, 0.6) is 0 Å². The third-order valence-corrected chi connectivity index (χ3v) is 8.36. The van der Waals surface area contributed by atoms with Crippen molar-refractivity contribution in [1.29, 1.82) is 0 Å². The van der Waals surface area contributed by atoms with Crippen molar-refractivity contribution in [3.8, 4) is 28.5 Å². The van der Waals surface area contributed by atoms with Crippen LogP contribution in [0.1, 0.15) is 41.6 Å². The number of rotatable bonds is 9. The molecule has 4 heterocycles. The summed E-state index contributed by atoms with van der Waals surface area (Å²) in [6, 6.07) is 21.8. The van der Waals surface area contributed by atoms with Gasteiger partial charge in [-0.15, -0.1) is 12.4 Å². The summed E-state index contributed by atoms with van der Waals surface area (Å²) in [6.45, 7) is 1.26. The van der Waals surface area contributed by atoms with E-state index in [4.69, 9.17) is 15.7 Å². The number of nitrogens with two attached hydrogens (primary N) is 1. The van der Waals surface area contributed by atoms with Crippen molar-refractivity contribution in [2.75, 3.05) is 18.4 Å². The Morgan fingerprint density at radius 1 is 0.978 bits per heavy atom. The number of imidazole rings is 2. The van der Waals surface area contributed by atoms with E-state index in [9.17, 15) is 9.59 Å². The van der Waals surface area contributed by atoms with Crippen molar-refractivity contribution in [2.45, 2.75) is 32.1 Å². The molecule has 10 nitrogen and oxygen atoms in total. The third-order valence-electron chi connectivity index (χ3n) is 8.36. The quantitative estimate of drug-likeness (QED) is 0.172. The highest BCUT2D eigenvalue weighted by molar-refractivity contribution is 6.01. The number of carbonyl (C=O) groups is 2. The second-order valence-corrected chi connectivity index (χ2v) is 11.4. The van der Waals surface area contributed by atoms with Gasteiger partial charge in [-0.3, -0.25) is 14.2 Å². The number of unbranched alkanes of at least 4 members (excludes halogenated alkanes) is 2. The fourth-order valence-electron chi connectivity index (χ4n) is 6.02. The molecule has 0 bridgehead atoms. The normalized spacial score (nSPS) is 12.5. The van der Waals surface area contributed by atoms with Gasteiger partial charge >= 0.3 is 0 Å². The maximum absolute atomic E-state index is 13.1. The maximum Gasteiger partial charge on any atom is 0.251 e. The predicted molar refractivity (Wildman–Crippen MR) is 183 cm³/mol. The highest BCUT2D eigenvalue weighted by Crippen LogP contribution is 2.36. The first-order chi connectivity index (χ1) is 22.0. The van der Waals surface area contributed by atoms with Crippen LogP contribution in [0.2, 0.25) is 0 Å². The van der Waals surface area contributed by atoms with E-state index in [1.807, 2.05) is 66.3 Å². The Hall–Kier alpha value is -5.06. The number of amides is 2. The fraction of sp³-hybridized carbons (Fsp3) is 0.229. The van der Waals surface area contributed by atoms with E-state index in [1.165, 1.54) is 0 Å². The lowest BCUT2D eigenvalue weighted by molar-refractivity contribution is -0.116. The lowest BCUT2D eigenvalue weighted by Gasteiger charge is -2.19. The van der Waals surface area contributed by atoms with Gasteiger partial charge in [-0.25, -0.2) is 15.0 Å². The Morgan fingerprint density at radius 3 is 2.67 bits per heavy atom. The van der Waals surface area contributed by atoms with E-state index in [2.05, 4.69) is 38.4 Å². The molecule has 7 rings (SSSR count). The first kappa shape index (κ1) is 30.9. The second kappa shape index (κ2) is 13.1. The van der Waals surface area contributed by atoms with E-state index in [0.29, 0.717) is 37.0 Å². The molecule has 2 amide bonds. The van der Waals surface area contributed by atoms with Gasteiger partial charge in [0.15, 0.2) is 0 Å². The summed E-state index contributed by atoms with van der Waals surface area (Å²) in [6.07, 6.45) is 7.49. The standard InChI is InChI=1S/C35H34N8O2.ClH/c1-42-21-37-20-32(42)30-19-26(25-7-3-4-8-28(25)39-30)34-41-29-18-23(35(45)38-16-6-2-5-15-36)9-13-31(29)43(34)24-11-12-27-22(17-24)10-14-33(44)40-27;/h3-4,7-9,11-13,17-21H,2,5-6,10,14-16,36H2,1H3,(H,38,45)(H,40,44);1H. The number of hydrogen-bond acceptors (Lipinski definition) is 6. The number of fused-ring (bicyclic) bond motifs is 3. The molecule has 0 atom stereocenters. The van der Waals surface area contributed by atoms with Gasteiger partial charge in [-0.2, -0.15) is 0 Å². The zero-order valence-electron chi connectivity index (χ0n) is 25.5. The molecule has 1 aliphatic heterocycles. The molecular formula is C35H35ClN8O2. The number of para-hydroxylation sites is 1. The minimum Gasteiger partial charge on any atom is -0.352 e. The minimum atomic E-state index is -0.127. The van der Waals surface area contributed by atoms with Crippen LogP contribution in [0.25, 0.3) is 50.4 Å². The van der Waals surface area contributed by atoms with E-state index in [1.54, 1.807) is 6.33 Å². The summed E-state index contributed by atoms with van der Waals surface area (Å²) in [5.74, 6) is 0.629. The van der Waals surface area contributed by atoms with Crippen LogP contribution in [0, 0.1) is 0 Å². The Balaban J connectivity index is 0.00000372. The molecule has 4 N–H and O–H groups in total. The van der Waals surface area contributed by atoms with Gasteiger partial charge in [0, 0.05) is 47.9 Å². The molecule has 0 aliphatic carbocycles. The number of nitrogens with one attached hydrogen (secondary N) is 2. The molecule has 3 aromatic carbocycles. The number of benzene rings is 3. The summed E-state index contributed by atoms with van der Waals surface area (Å²) in [7, 11) is 1.95. The van der Waals surface area contributed by atoms with Crippen LogP contribution in [0.3, 0.4) is 0 Å². The number of anilines is 1. The number of pyridine rings is 1. The predicted octanol–water partition coefficient (Wildman–Crippen LogP) is 5.81. The number of aromatic nitrogens is 5. The number of halogens is 1. The van der Waals surface area contributed by atoms with Gasteiger partial charge in [0.05, 0.1) is 40.5 Å². The first-order valence-electron chi connectivity index (χ1n) is 15.3. The van der Waals surface area contributed by atoms with E-state index in [-0.39, 0.29) is 24.2 Å². The van der Waals surface area contributed by atoms with Crippen molar-refractivity contribution in [3.05, 3.63) is 90.4 Å². The van der Waals surface area contributed by atoms with E-state index < -0.39 is 0 Å². The molecule has 0 saturated carbocycles. The van der Waals surface area contributed by atoms with Crippen molar-refractivity contribution in [2.24, 2.45) is 12.8 Å². The van der Waals surface area contributed by atoms with Crippen LogP contribution in [-0.2, 0) is 18.3 Å². The van der Waals surface area contributed by atoms with Gasteiger partial charge in [-0.1, -0.05) is 24.6 Å². The summed E-state index contributed by atoms with van der Waals surface area (Å²) in [5.41, 5.74) is 14.0. The molecule has 0 fully saturated rings. The largest absolute Gasteiger partial charge is 0.352 e. The fourth-order valence-corrected chi connectivity index (χ4v) is 6.02. The number of aryl methyl sites for hydroxylation is 2. The van der Waals surface area contributed by atoms with Gasteiger partial charge in [-0.05, 0) is 79.9 Å². The third kappa shape index (κ3) is 5.84. The Morgan fingerprint density at radius 2 is 1.85 bits per heavy atom. The number of nitrogens with zero attached hydrogens (tertiary/aromatic N) is 5. The average Bonchev–Trinajstić information content (AvgIpc) is 3.66. The van der Waals surface area contributed by atoms with Gasteiger partial charge < -0.3 is 20.9 Å². The average molecular weight is 635 g/mol. The monoisotopic (exact) mass is 634 g/mol. The molecule has 46 heavy (non-hydrogen) atoms. The second-order valence-electron chi connectivity index (χ2n) is 11.4. The van der Waals surface area contributed by atoms with Gasteiger partial charge in [0.2, 0.25) is 5.91 Å². The molecule has 11 heteroatoms. The summed E-state index contributed by atoms with van der Waals surface area (Å²) in [5, 5.41) is 6.98. The summed E-state index contributed by atoms with van der Waals surface area (Å²) >= 11 is 0. The van der Waals surface area contributed by atoms with Gasteiger partial charge in [0.1, 0.15) is 5.82 Å². The molecule has 6 aromatic rings. The lowest BCUT2D eigenvalue weighted by atomic mass is 10.0. The molecule has 0 spiro atoms. The van der Waals surface area contributed by atoms with Crippen molar-refractivity contribution in [1.82, 2.24) is 29.4 Å². The van der Waals surface area contributed by atoms with Crippen molar-refractivity contribution >= 4 is 51.8 Å². The zero-order chi connectivity index (χ0) is 30.9. The van der Waals surface area contributed by atoms with Crippen LogP contribution in [0.4, 0.5) is 5.69 Å².